The average Bonchev–Trinajstić information content (AvgIpc) is 3.31. The molecule has 1 unspecified atom stereocenters. The first kappa shape index (κ1) is 21.2. The minimum atomic E-state index is -4.39. The molecular weight excluding hydrogens is 387 g/mol. The van der Waals surface area contributed by atoms with Gasteiger partial charge < -0.3 is 19.5 Å². The summed E-state index contributed by atoms with van der Waals surface area (Å²) in [5, 5.41) is 6.65. The highest BCUT2D eigenvalue weighted by molar-refractivity contribution is 5.96. The molecule has 9 heteroatoms. The number of hydrogen-bond acceptors (Lipinski definition) is 5. The highest BCUT2D eigenvalue weighted by Gasteiger charge is 2.34. The molecule has 0 spiro atoms. The molecule has 2 heterocycles. The second-order valence-electron chi connectivity index (χ2n) is 7.78. The molecule has 0 aliphatic carbocycles. The van der Waals surface area contributed by atoms with Gasteiger partial charge in [0.2, 0.25) is 5.91 Å². The van der Waals surface area contributed by atoms with Crippen molar-refractivity contribution in [1.82, 2.24) is 5.16 Å². The van der Waals surface area contributed by atoms with Crippen molar-refractivity contribution in [3.05, 3.63) is 41.7 Å². The zero-order valence-corrected chi connectivity index (χ0v) is 16.5. The maximum absolute atomic E-state index is 12.8. The molecule has 1 saturated heterocycles. The number of benzene rings is 1. The lowest BCUT2D eigenvalue weighted by molar-refractivity contribution is -0.137. The van der Waals surface area contributed by atoms with E-state index in [0.29, 0.717) is 36.8 Å². The first-order valence-corrected chi connectivity index (χ1v) is 9.33. The van der Waals surface area contributed by atoms with Crippen LogP contribution >= 0.6 is 0 Å². The molecule has 0 saturated carbocycles. The van der Waals surface area contributed by atoms with Crippen LogP contribution in [-0.4, -0.2) is 37.4 Å². The molecule has 1 aromatic carbocycles. The number of anilines is 2. The molecule has 158 valence electrons. The highest BCUT2D eigenvalue weighted by atomic mass is 19.4. The number of nitrogens with one attached hydrogen (secondary N) is 1. The Balaban J connectivity index is 1.70. The van der Waals surface area contributed by atoms with Crippen molar-refractivity contribution < 1.29 is 27.2 Å². The predicted molar refractivity (Wildman–Crippen MR) is 102 cm³/mol. The van der Waals surface area contributed by atoms with Gasteiger partial charge in [-0.1, -0.05) is 19.0 Å². The van der Waals surface area contributed by atoms with E-state index < -0.39 is 23.2 Å². The molecule has 1 N–H and O–H groups in total. The summed E-state index contributed by atoms with van der Waals surface area (Å²) in [6, 6.07) is 6.04. The lowest BCUT2D eigenvalue weighted by Gasteiger charge is -2.26. The monoisotopic (exact) mass is 411 g/mol. The number of hydrogen-bond donors (Lipinski definition) is 1. The normalized spacial score (nSPS) is 17.6. The van der Waals surface area contributed by atoms with Gasteiger partial charge in [-0.25, -0.2) is 0 Å². The number of nitrogens with zero attached hydrogens (tertiary/aromatic N) is 2. The molecule has 0 radical (unpaired) electrons. The summed E-state index contributed by atoms with van der Waals surface area (Å²) in [4.78, 5) is 14.6. The van der Waals surface area contributed by atoms with Crippen molar-refractivity contribution in [2.45, 2.75) is 44.3 Å². The van der Waals surface area contributed by atoms with Crippen LogP contribution in [0.25, 0.3) is 0 Å². The standard InChI is InChI=1S/C20H24F3N3O3/c1-19(2,12-28-3)16-11-17(25-29-16)24-18(27)15-5-4-10-26(15)14-8-6-13(7-9-14)20(21,22)23/h6-9,11,15H,4-5,10,12H2,1-3H3,(H,24,25,27). The summed E-state index contributed by atoms with van der Waals surface area (Å²) in [7, 11) is 1.59. The number of aromatic nitrogens is 1. The fraction of sp³-hybridized carbons (Fsp3) is 0.500. The molecule has 2 aromatic rings. The van der Waals surface area contributed by atoms with E-state index >= 15 is 0 Å². The van der Waals surface area contributed by atoms with Crippen molar-refractivity contribution in [3.63, 3.8) is 0 Å². The lowest BCUT2D eigenvalue weighted by Crippen LogP contribution is -2.39. The van der Waals surface area contributed by atoms with Crippen LogP contribution in [0.4, 0.5) is 24.7 Å². The van der Waals surface area contributed by atoms with Gasteiger partial charge in [0.15, 0.2) is 5.82 Å². The van der Waals surface area contributed by atoms with Crippen LogP contribution in [0.15, 0.2) is 34.9 Å². The SMILES string of the molecule is COCC(C)(C)c1cc(NC(=O)C2CCCN2c2ccc(C(F)(F)F)cc2)no1. The number of rotatable bonds is 6. The van der Waals surface area contributed by atoms with E-state index in [0.717, 1.165) is 18.6 Å². The van der Waals surface area contributed by atoms with Gasteiger partial charge in [-0.05, 0) is 37.1 Å². The quantitative estimate of drug-likeness (QED) is 0.771. The molecule has 1 fully saturated rings. The fourth-order valence-corrected chi connectivity index (χ4v) is 3.48. The van der Waals surface area contributed by atoms with E-state index in [1.54, 1.807) is 13.2 Å². The van der Waals surface area contributed by atoms with Gasteiger partial charge in [-0.2, -0.15) is 13.2 Å². The van der Waals surface area contributed by atoms with Gasteiger partial charge in [0, 0.05) is 30.8 Å². The van der Waals surface area contributed by atoms with E-state index in [-0.39, 0.29) is 5.91 Å². The number of ether oxygens (including phenoxy) is 1. The van der Waals surface area contributed by atoms with E-state index in [1.807, 2.05) is 18.7 Å². The third-order valence-corrected chi connectivity index (χ3v) is 5.02. The van der Waals surface area contributed by atoms with Crippen molar-refractivity contribution in [3.8, 4) is 0 Å². The summed E-state index contributed by atoms with van der Waals surface area (Å²) in [5.74, 6) is 0.612. The Bertz CT molecular complexity index is 847. The van der Waals surface area contributed by atoms with Gasteiger partial charge in [-0.3, -0.25) is 4.79 Å². The topological polar surface area (TPSA) is 67.6 Å². The van der Waals surface area contributed by atoms with Crippen LogP contribution in [-0.2, 0) is 21.1 Å². The van der Waals surface area contributed by atoms with Crippen molar-refractivity contribution >= 4 is 17.4 Å². The van der Waals surface area contributed by atoms with Crippen molar-refractivity contribution in [1.29, 1.82) is 0 Å². The van der Waals surface area contributed by atoms with E-state index in [4.69, 9.17) is 9.26 Å². The Labute approximate surface area is 167 Å². The number of carbonyl (C=O) groups excluding carboxylic acids is 1. The fourth-order valence-electron chi connectivity index (χ4n) is 3.48. The van der Waals surface area contributed by atoms with Crippen LogP contribution in [0.3, 0.4) is 0 Å². The van der Waals surface area contributed by atoms with Crippen LogP contribution in [0, 0.1) is 0 Å². The lowest BCUT2D eigenvalue weighted by atomic mass is 9.91. The third kappa shape index (κ3) is 4.72. The van der Waals surface area contributed by atoms with E-state index in [1.165, 1.54) is 12.1 Å². The smallest absolute Gasteiger partial charge is 0.384 e. The Morgan fingerprint density at radius 3 is 2.62 bits per heavy atom. The molecule has 1 aromatic heterocycles. The Kier molecular flexibility index (Phi) is 5.88. The van der Waals surface area contributed by atoms with Crippen molar-refractivity contribution in [2.24, 2.45) is 0 Å². The predicted octanol–water partition coefficient (Wildman–Crippen LogP) is 4.22. The average molecular weight is 411 g/mol. The first-order valence-electron chi connectivity index (χ1n) is 9.33. The van der Waals surface area contributed by atoms with Gasteiger partial charge >= 0.3 is 6.18 Å². The Morgan fingerprint density at radius 1 is 1.31 bits per heavy atom. The van der Waals surface area contributed by atoms with Crippen LogP contribution in [0.1, 0.15) is 38.0 Å². The summed E-state index contributed by atoms with van der Waals surface area (Å²) < 4.78 is 48.8. The molecule has 0 bridgehead atoms. The van der Waals surface area contributed by atoms with Crippen LogP contribution in [0.5, 0.6) is 0 Å². The molecule has 1 atom stereocenters. The largest absolute Gasteiger partial charge is 0.416 e. The van der Waals surface area contributed by atoms with Gasteiger partial charge in [0.1, 0.15) is 11.8 Å². The summed E-state index contributed by atoms with van der Waals surface area (Å²) in [6.07, 6.45) is -3.02. The minimum absolute atomic E-state index is 0.271. The second-order valence-corrected chi connectivity index (χ2v) is 7.78. The van der Waals surface area contributed by atoms with Gasteiger partial charge in [0.05, 0.1) is 12.2 Å². The highest BCUT2D eigenvalue weighted by Crippen LogP contribution is 2.33. The first-order chi connectivity index (χ1) is 13.6. The molecule has 3 rings (SSSR count). The van der Waals surface area contributed by atoms with Crippen LogP contribution < -0.4 is 10.2 Å². The molecule has 1 aliphatic rings. The number of amides is 1. The summed E-state index contributed by atoms with van der Waals surface area (Å²) in [5.41, 5.74) is -0.530. The minimum Gasteiger partial charge on any atom is -0.384 e. The number of methoxy groups -OCH3 is 1. The van der Waals surface area contributed by atoms with Gasteiger partial charge in [-0.15, -0.1) is 0 Å². The van der Waals surface area contributed by atoms with Crippen molar-refractivity contribution in [2.75, 3.05) is 30.5 Å². The summed E-state index contributed by atoms with van der Waals surface area (Å²) in [6.45, 7) is 4.89. The second kappa shape index (κ2) is 8.06. The van der Waals surface area contributed by atoms with Crippen LogP contribution in [0.2, 0.25) is 0 Å². The molecule has 1 aliphatic heterocycles. The zero-order chi connectivity index (χ0) is 21.2. The molecule has 29 heavy (non-hydrogen) atoms. The maximum atomic E-state index is 12.8. The van der Waals surface area contributed by atoms with E-state index in [9.17, 15) is 18.0 Å². The molecule has 1 amide bonds. The zero-order valence-electron chi connectivity index (χ0n) is 16.5. The molecule has 6 nitrogen and oxygen atoms in total. The number of carbonyl (C=O) groups is 1. The Morgan fingerprint density at radius 2 is 2.00 bits per heavy atom. The maximum Gasteiger partial charge on any atom is 0.416 e. The van der Waals surface area contributed by atoms with E-state index in [2.05, 4.69) is 10.5 Å². The number of halogens is 3. The summed E-state index contributed by atoms with van der Waals surface area (Å²) >= 11 is 0. The molecular formula is C20H24F3N3O3. The van der Waals surface area contributed by atoms with Gasteiger partial charge in [0.25, 0.3) is 0 Å². The third-order valence-electron chi connectivity index (χ3n) is 5.02. The number of alkyl halides is 3. The Hall–Kier alpha value is -2.55.